The zero-order chi connectivity index (χ0) is 11.1. The van der Waals surface area contributed by atoms with Crippen molar-refractivity contribution in [3.8, 4) is 11.8 Å². The number of nitrogens with one attached hydrogen (secondary N) is 1. The SMILES string of the molecule is CC#CCNCCCn1nc(C)cc1C. The third-order valence-corrected chi connectivity index (χ3v) is 2.22. The molecule has 0 spiro atoms. The molecule has 0 aliphatic carbocycles. The molecule has 0 saturated heterocycles. The molecule has 0 aromatic carbocycles. The maximum atomic E-state index is 4.41. The fraction of sp³-hybridized carbons (Fsp3) is 0.583. The van der Waals surface area contributed by atoms with Gasteiger partial charge in [-0.3, -0.25) is 4.68 Å². The van der Waals surface area contributed by atoms with E-state index in [-0.39, 0.29) is 0 Å². The zero-order valence-corrected chi connectivity index (χ0v) is 9.80. The lowest BCUT2D eigenvalue weighted by Crippen LogP contribution is -2.17. The maximum absolute atomic E-state index is 4.41. The van der Waals surface area contributed by atoms with Crippen LogP contribution in [0.4, 0.5) is 0 Å². The molecule has 82 valence electrons. The summed E-state index contributed by atoms with van der Waals surface area (Å²) in [4.78, 5) is 0. The predicted molar refractivity (Wildman–Crippen MR) is 62.6 cm³/mol. The van der Waals surface area contributed by atoms with Gasteiger partial charge in [-0.15, -0.1) is 5.92 Å². The summed E-state index contributed by atoms with van der Waals surface area (Å²) in [5.41, 5.74) is 2.33. The van der Waals surface area contributed by atoms with Crippen molar-refractivity contribution in [1.29, 1.82) is 0 Å². The molecule has 0 radical (unpaired) electrons. The first kappa shape index (κ1) is 11.8. The molecule has 1 aromatic rings. The monoisotopic (exact) mass is 205 g/mol. The van der Waals surface area contributed by atoms with E-state index in [1.165, 1.54) is 5.69 Å². The van der Waals surface area contributed by atoms with Crippen molar-refractivity contribution >= 4 is 0 Å². The molecule has 0 unspecified atom stereocenters. The van der Waals surface area contributed by atoms with Crippen LogP contribution in [0.3, 0.4) is 0 Å². The molecule has 1 rings (SSSR count). The zero-order valence-electron chi connectivity index (χ0n) is 9.80. The van der Waals surface area contributed by atoms with Crippen LogP contribution < -0.4 is 5.32 Å². The normalized spacial score (nSPS) is 9.80. The Balaban J connectivity index is 2.19. The molecule has 0 aliphatic rings. The van der Waals surface area contributed by atoms with Crippen molar-refractivity contribution in [2.75, 3.05) is 13.1 Å². The average Bonchev–Trinajstić information content (AvgIpc) is 2.51. The minimum absolute atomic E-state index is 0.785. The number of aryl methyl sites for hydroxylation is 3. The van der Waals surface area contributed by atoms with Crippen LogP contribution >= 0.6 is 0 Å². The highest BCUT2D eigenvalue weighted by molar-refractivity contribution is 5.06. The highest BCUT2D eigenvalue weighted by Gasteiger charge is 1.99. The van der Waals surface area contributed by atoms with Gasteiger partial charge in [0.1, 0.15) is 0 Å². The molecule has 3 heteroatoms. The van der Waals surface area contributed by atoms with Gasteiger partial charge in [0.2, 0.25) is 0 Å². The fourth-order valence-electron chi connectivity index (χ4n) is 1.49. The highest BCUT2D eigenvalue weighted by atomic mass is 15.3. The molecule has 0 atom stereocenters. The average molecular weight is 205 g/mol. The Labute approximate surface area is 91.9 Å². The fourth-order valence-corrected chi connectivity index (χ4v) is 1.49. The second-order valence-corrected chi connectivity index (χ2v) is 3.61. The molecule has 0 bridgehead atoms. The highest BCUT2D eigenvalue weighted by Crippen LogP contribution is 2.01. The van der Waals surface area contributed by atoms with Gasteiger partial charge >= 0.3 is 0 Å². The maximum Gasteiger partial charge on any atom is 0.0596 e. The minimum Gasteiger partial charge on any atom is -0.306 e. The Bertz CT molecular complexity index is 355. The first-order chi connectivity index (χ1) is 7.24. The Hall–Kier alpha value is -1.27. The van der Waals surface area contributed by atoms with E-state index in [1.807, 2.05) is 13.8 Å². The molecule has 0 saturated carbocycles. The number of hydrogen-bond acceptors (Lipinski definition) is 2. The molecular formula is C12H19N3. The van der Waals surface area contributed by atoms with E-state index in [0.29, 0.717) is 0 Å². The largest absolute Gasteiger partial charge is 0.306 e. The molecule has 1 heterocycles. The Kier molecular flexibility index (Phi) is 4.92. The van der Waals surface area contributed by atoms with E-state index >= 15 is 0 Å². The Morgan fingerprint density at radius 3 is 2.87 bits per heavy atom. The lowest BCUT2D eigenvalue weighted by Gasteiger charge is -2.04. The van der Waals surface area contributed by atoms with Crippen LogP contribution in [0.15, 0.2) is 6.07 Å². The summed E-state index contributed by atoms with van der Waals surface area (Å²) < 4.78 is 2.06. The number of aromatic nitrogens is 2. The van der Waals surface area contributed by atoms with Gasteiger partial charge in [0.05, 0.1) is 12.2 Å². The summed E-state index contributed by atoms with van der Waals surface area (Å²) in [7, 11) is 0. The summed E-state index contributed by atoms with van der Waals surface area (Å²) in [6, 6.07) is 2.11. The van der Waals surface area contributed by atoms with E-state index in [4.69, 9.17) is 0 Å². The molecule has 15 heavy (non-hydrogen) atoms. The van der Waals surface area contributed by atoms with E-state index in [0.717, 1.165) is 31.7 Å². The smallest absolute Gasteiger partial charge is 0.0596 e. The quantitative estimate of drug-likeness (QED) is 0.583. The Morgan fingerprint density at radius 2 is 2.27 bits per heavy atom. The number of hydrogen-bond donors (Lipinski definition) is 1. The van der Waals surface area contributed by atoms with Gasteiger partial charge in [0.15, 0.2) is 0 Å². The second-order valence-electron chi connectivity index (χ2n) is 3.61. The lowest BCUT2D eigenvalue weighted by atomic mass is 10.4. The summed E-state index contributed by atoms with van der Waals surface area (Å²) in [5, 5.41) is 7.67. The molecule has 3 nitrogen and oxygen atoms in total. The Morgan fingerprint density at radius 1 is 1.47 bits per heavy atom. The van der Waals surface area contributed by atoms with Crippen LogP contribution in [0.25, 0.3) is 0 Å². The van der Waals surface area contributed by atoms with Crippen LogP contribution in [-0.2, 0) is 6.54 Å². The standard InChI is InChI=1S/C12H19N3/c1-4-5-7-13-8-6-9-15-12(3)10-11(2)14-15/h10,13H,6-9H2,1-3H3. The van der Waals surface area contributed by atoms with Crippen molar-refractivity contribution < 1.29 is 0 Å². The van der Waals surface area contributed by atoms with Gasteiger partial charge in [0.25, 0.3) is 0 Å². The van der Waals surface area contributed by atoms with Gasteiger partial charge in [-0.25, -0.2) is 0 Å². The van der Waals surface area contributed by atoms with Crippen molar-refractivity contribution in [3.63, 3.8) is 0 Å². The van der Waals surface area contributed by atoms with Crippen LogP contribution in [-0.4, -0.2) is 22.9 Å². The molecule has 1 aromatic heterocycles. The van der Waals surface area contributed by atoms with Gasteiger partial charge in [-0.1, -0.05) is 5.92 Å². The summed E-state index contributed by atoms with van der Waals surface area (Å²) in [5.74, 6) is 5.84. The molecular weight excluding hydrogens is 186 g/mol. The van der Waals surface area contributed by atoms with Gasteiger partial charge < -0.3 is 5.32 Å². The number of nitrogens with zero attached hydrogens (tertiary/aromatic N) is 2. The lowest BCUT2D eigenvalue weighted by molar-refractivity contribution is 0.543. The van der Waals surface area contributed by atoms with E-state index in [9.17, 15) is 0 Å². The van der Waals surface area contributed by atoms with Gasteiger partial charge in [0, 0.05) is 12.2 Å². The molecule has 0 fully saturated rings. The minimum atomic E-state index is 0.785. The van der Waals surface area contributed by atoms with Crippen LogP contribution in [0.5, 0.6) is 0 Å². The van der Waals surface area contributed by atoms with E-state index < -0.39 is 0 Å². The predicted octanol–water partition coefficient (Wildman–Crippen LogP) is 1.50. The molecule has 0 amide bonds. The third kappa shape index (κ3) is 4.18. The second kappa shape index (κ2) is 6.26. The summed E-state index contributed by atoms with van der Waals surface area (Å²) in [6.07, 6.45) is 1.09. The summed E-state index contributed by atoms with van der Waals surface area (Å²) in [6.45, 7) is 8.74. The van der Waals surface area contributed by atoms with Gasteiger partial charge in [-0.05, 0) is 39.8 Å². The van der Waals surface area contributed by atoms with Crippen molar-refractivity contribution in [1.82, 2.24) is 15.1 Å². The first-order valence-electron chi connectivity index (χ1n) is 5.35. The van der Waals surface area contributed by atoms with Crippen molar-refractivity contribution in [3.05, 3.63) is 17.5 Å². The first-order valence-corrected chi connectivity index (χ1v) is 5.35. The van der Waals surface area contributed by atoms with E-state index in [2.05, 4.69) is 39.9 Å². The van der Waals surface area contributed by atoms with Crippen molar-refractivity contribution in [2.45, 2.75) is 33.7 Å². The van der Waals surface area contributed by atoms with Gasteiger partial charge in [-0.2, -0.15) is 5.10 Å². The van der Waals surface area contributed by atoms with Crippen molar-refractivity contribution in [2.24, 2.45) is 0 Å². The topological polar surface area (TPSA) is 29.9 Å². The van der Waals surface area contributed by atoms with E-state index in [1.54, 1.807) is 0 Å². The molecule has 1 N–H and O–H groups in total. The molecule has 0 aliphatic heterocycles. The number of rotatable bonds is 5. The van der Waals surface area contributed by atoms with Crippen LogP contribution in [0.1, 0.15) is 24.7 Å². The van der Waals surface area contributed by atoms with Crippen LogP contribution in [0.2, 0.25) is 0 Å². The van der Waals surface area contributed by atoms with Crippen LogP contribution in [0, 0.1) is 25.7 Å². The summed E-state index contributed by atoms with van der Waals surface area (Å²) >= 11 is 0. The third-order valence-electron chi connectivity index (χ3n) is 2.22.